The fourth-order valence-electron chi connectivity index (χ4n) is 2.51. The van der Waals surface area contributed by atoms with Crippen LogP contribution in [0.5, 0.6) is 0 Å². The highest BCUT2D eigenvalue weighted by molar-refractivity contribution is 5.31. The molecule has 2 nitrogen and oxygen atoms in total. The van der Waals surface area contributed by atoms with Crippen LogP contribution in [0.3, 0.4) is 0 Å². The van der Waals surface area contributed by atoms with Crippen molar-refractivity contribution in [1.82, 2.24) is 5.32 Å². The topological polar surface area (TPSA) is 21.3 Å². The predicted octanol–water partition coefficient (Wildman–Crippen LogP) is 2.65. The van der Waals surface area contributed by atoms with Crippen LogP contribution in [0.25, 0.3) is 0 Å². The summed E-state index contributed by atoms with van der Waals surface area (Å²) in [5, 5.41) is 3.71. The van der Waals surface area contributed by atoms with Crippen molar-refractivity contribution in [2.45, 2.75) is 39.0 Å². The summed E-state index contributed by atoms with van der Waals surface area (Å²) >= 11 is 0. The van der Waals surface area contributed by atoms with E-state index in [1.165, 1.54) is 17.5 Å². The number of nitrogens with one attached hydrogen (secondary N) is 1. The molecule has 0 spiro atoms. The van der Waals surface area contributed by atoms with Gasteiger partial charge in [0.1, 0.15) is 0 Å². The van der Waals surface area contributed by atoms with E-state index >= 15 is 0 Å². The fraction of sp³-hybridized carbons (Fsp3) is 0.571. The van der Waals surface area contributed by atoms with Gasteiger partial charge in [-0.1, -0.05) is 38.1 Å². The van der Waals surface area contributed by atoms with Gasteiger partial charge in [-0.15, -0.1) is 0 Å². The zero-order chi connectivity index (χ0) is 11.2. The SMILES string of the molecule is CC1(C)CC1NC1COCc2ccccc21. The Kier molecular flexibility index (Phi) is 2.30. The molecule has 0 amide bonds. The first-order valence-electron chi connectivity index (χ1n) is 6.08. The van der Waals surface area contributed by atoms with Gasteiger partial charge < -0.3 is 10.1 Å². The van der Waals surface area contributed by atoms with E-state index in [4.69, 9.17) is 4.74 Å². The summed E-state index contributed by atoms with van der Waals surface area (Å²) in [7, 11) is 0. The standard InChI is InChI=1S/C14H19NO/c1-14(2)7-13(14)15-12-9-16-8-10-5-3-4-6-11(10)12/h3-6,12-13,15H,7-9H2,1-2H3. The molecule has 86 valence electrons. The molecule has 3 rings (SSSR count). The van der Waals surface area contributed by atoms with Crippen molar-refractivity contribution in [1.29, 1.82) is 0 Å². The van der Waals surface area contributed by atoms with Gasteiger partial charge in [0.05, 0.1) is 19.3 Å². The van der Waals surface area contributed by atoms with Gasteiger partial charge in [0.15, 0.2) is 0 Å². The van der Waals surface area contributed by atoms with Crippen molar-refractivity contribution >= 4 is 0 Å². The van der Waals surface area contributed by atoms with Crippen molar-refractivity contribution in [3.8, 4) is 0 Å². The third-order valence-corrected chi connectivity index (χ3v) is 3.89. The Bertz CT molecular complexity index is 399. The van der Waals surface area contributed by atoms with Crippen LogP contribution in [0.4, 0.5) is 0 Å². The quantitative estimate of drug-likeness (QED) is 0.822. The monoisotopic (exact) mass is 217 g/mol. The van der Waals surface area contributed by atoms with Crippen LogP contribution in [0, 0.1) is 5.41 Å². The molecule has 2 heteroatoms. The van der Waals surface area contributed by atoms with Crippen molar-refractivity contribution in [2.24, 2.45) is 5.41 Å². The zero-order valence-electron chi connectivity index (χ0n) is 9.99. The third-order valence-electron chi connectivity index (χ3n) is 3.89. The molecule has 1 aromatic carbocycles. The molecular weight excluding hydrogens is 198 g/mol. The summed E-state index contributed by atoms with van der Waals surface area (Å²) in [6.45, 7) is 6.21. The lowest BCUT2D eigenvalue weighted by Gasteiger charge is -2.27. The highest BCUT2D eigenvalue weighted by Crippen LogP contribution is 2.46. The molecule has 16 heavy (non-hydrogen) atoms. The van der Waals surface area contributed by atoms with Crippen molar-refractivity contribution < 1.29 is 4.74 Å². The number of rotatable bonds is 2. The summed E-state index contributed by atoms with van der Waals surface area (Å²) in [5.41, 5.74) is 3.24. The van der Waals surface area contributed by atoms with E-state index in [9.17, 15) is 0 Å². The van der Waals surface area contributed by atoms with E-state index in [1.54, 1.807) is 0 Å². The summed E-state index contributed by atoms with van der Waals surface area (Å²) in [4.78, 5) is 0. The molecule has 0 radical (unpaired) electrons. The maximum absolute atomic E-state index is 5.64. The molecule has 0 saturated heterocycles. The normalized spacial score (nSPS) is 30.9. The number of benzene rings is 1. The minimum absolute atomic E-state index is 0.386. The van der Waals surface area contributed by atoms with Crippen LogP contribution in [0.1, 0.15) is 37.4 Å². The average molecular weight is 217 g/mol. The average Bonchev–Trinajstić information content (AvgIpc) is 2.87. The third kappa shape index (κ3) is 1.76. The molecule has 2 aliphatic rings. The maximum Gasteiger partial charge on any atom is 0.0721 e. The van der Waals surface area contributed by atoms with E-state index in [-0.39, 0.29) is 0 Å². The highest BCUT2D eigenvalue weighted by Gasteiger charge is 2.46. The van der Waals surface area contributed by atoms with Gasteiger partial charge in [-0.05, 0) is 23.0 Å². The number of fused-ring (bicyclic) bond motifs is 1. The van der Waals surface area contributed by atoms with E-state index in [1.807, 2.05) is 0 Å². The molecule has 2 atom stereocenters. The van der Waals surface area contributed by atoms with Crippen molar-refractivity contribution in [3.63, 3.8) is 0 Å². The van der Waals surface area contributed by atoms with Gasteiger partial charge in [-0.25, -0.2) is 0 Å². The smallest absolute Gasteiger partial charge is 0.0721 e. The Labute approximate surface area is 97.0 Å². The number of hydrogen-bond acceptors (Lipinski definition) is 2. The lowest BCUT2D eigenvalue weighted by molar-refractivity contribution is 0.0806. The maximum atomic E-state index is 5.64. The van der Waals surface area contributed by atoms with Gasteiger partial charge in [0, 0.05) is 6.04 Å². The van der Waals surface area contributed by atoms with Crippen molar-refractivity contribution in [2.75, 3.05) is 6.61 Å². The summed E-state index contributed by atoms with van der Waals surface area (Å²) in [6.07, 6.45) is 1.28. The van der Waals surface area contributed by atoms with Crippen LogP contribution in [0.15, 0.2) is 24.3 Å². The van der Waals surface area contributed by atoms with Crippen LogP contribution in [-0.2, 0) is 11.3 Å². The minimum atomic E-state index is 0.386. The summed E-state index contributed by atoms with van der Waals surface area (Å²) < 4.78 is 5.64. The van der Waals surface area contributed by atoms with Gasteiger partial charge in [-0.2, -0.15) is 0 Å². The predicted molar refractivity (Wildman–Crippen MR) is 64.2 cm³/mol. The van der Waals surface area contributed by atoms with Gasteiger partial charge >= 0.3 is 0 Å². The fourth-order valence-corrected chi connectivity index (χ4v) is 2.51. The molecule has 0 aromatic heterocycles. The Balaban J connectivity index is 1.78. The second-order valence-electron chi connectivity index (χ2n) is 5.68. The first kappa shape index (κ1) is 10.3. The van der Waals surface area contributed by atoms with Crippen LogP contribution >= 0.6 is 0 Å². The minimum Gasteiger partial charge on any atom is -0.375 e. The largest absolute Gasteiger partial charge is 0.375 e. The second-order valence-corrected chi connectivity index (χ2v) is 5.68. The summed E-state index contributed by atoms with van der Waals surface area (Å²) in [5.74, 6) is 0. The van der Waals surface area contributed by atoms with E-state index in [0.717, 1.165) is 13.2 Å². The first-order chi connectivity index (χ1) is 7.67. The Hall–Kier alpha value is -0.860. The molecule has 1 aromatic rings. The molecule has 1 aliphatic heterocycles. The van der Waals surface area contributed by atoms with Crippen LogP contribution < -0.4 is 5.32 Å². The molecular formula is C14H19NO. The summed E-state index contributed by atoms with van der Waals surface area (Å²) in [6, 6.07) is 9.65. The van der Waals surface area contributed by atoms with E-state index in [0.29, 0.717) is 17.5 Å². The Morgan fingerprint density at radius 1 is 1.31 bits per heavy atom. The molecule has 1 aliphatic carbocycles. The molecule has 1 heterocycles. The van der Waals surface area contributed by atoms with E-state index < -0.39 is 0 Å². The van der Waals surface area contributed by atoms with Crippen LogP contribution in [-0.4, -0.2) is 12.6 Å². The van der Waals surface area contributed by atoms with Crippen molar-refractivity contribution in [3.05, 3.63) is 35.4 Å². The van der Waals surface area contributed by atoms with Crippen LogP contribution in [0.2, 0.25) is 0 Å². The van der Waals surface area contributed by atoms with Gasteiger partial charge in [0.2, 0.25) is 0 Å². The lowest BCUT2D eigenvalue weighted by Crippen LogP contribution is -2.32. The molecule has 1 saturated carbocycles. The highest BCUT2D eigenvalue weighted by atomic mass is 16.5. The Morgan fingerprint density at radius 3 is 2.81 bits per heavy atom. The molecule has 0 bridgehead atoms. The Morgan fingerprint density at radius 2 is 2.06 bits per heavy atom. The first-order valence-corrected chi connectivity index (χ1v) is 6.08. The molecule has 1 fully saturated rings. The molecule has 1 N–H and O–H groups in total. The second kappa shape index (κ2) is 3.57. The number of hydrogen-bond donors (Lipinski definition) is 1. The molecule has 2 unspecified atom stereocenters. The zero-order valence-corrected chi connectivity index (χ0v) is 9.99. The number of ether oxygens (including phenoxy) is 1. The lowest BCUT2D eigenvalue weighted by atomic mass is 9.99. The van der Waals surface area contributed by atoms with E-state index in [2.05, 4.69) is 43.4 Å². The van der Waals surface area contributed by atoms with Gasteiger partial charge in [-0.3, -0.25) is 0 Å². The van der Waals surface area contributed by atoms with Gasteiger partial charge in [0.25, 0.3) is 0 Å².